The Bertz CT molecular complexity index is 1400. The minimum atomic E-state index is -0.996. The molecule has 2 aromatic heterocycles. The zero-order valence-corrected chi connectivity index (χ0v) is 24.7. The molecule has 1 aromatic carbocycles. The molecule has 1 aliphatic heterocycles. The first-order valence-corrected chi connectivity index (χ1v) is 14.8. The van der Waals surface area contributed by atoms with Gasteiger partial charge in [0.25, 0.3) is 11.8 Å². The van der Waals surface area contributed by atoms with Gasteiger partial charge in [-0.25, -0.2) is 9.97 Å². The highest BCUT2D eigenvalue weighted by molar-refractivity contribution is 7.09. The smallest absolute Gasteiger partial charge is 0.317 e. The molecule has 0 saturated carbocycles. The predicted molar refractivity (Wildman–Crippen MR) is 155 cm³/mol. The average Bonchev–Trinajstić information content (AvgIpc) is 3.58. The number of thiazole rings is 1. The summed E-state index contributed by atoms with van der Waals surface area (Å²) in [5.41, 5.74) is 1.28. The highest BCUT2D eigenvalue weighted by atomic mass is 32.1. The minimum absolute atomic E-state index is 0.0461. The van der Waals surface area contributed by atoms with Crippen LogP contribution in [-0.4, -0.2) is 69.8 Å². The lowest BCUT2D eigenvalue weighted by molar-refractivity contribution is -0.138. The molecular formula is C29H36N6O6S. The molecule has 0 fully saturated rings. The summed E-state index contributed by atoms with van der Waals surface area (Å²) >= 11 is 1.27. The standard InChI is InChI=1S/C29H36N6O6S/c1-17(2)24-29-32-21(16-42-29)26(39)30-11-13-35(15-23(37)38)12-7-10-22(36)31-20(14-19-8-5-4-6-9-19)28-34-25(18(3)41-28)27(40)33-24/h4-6,8-9,16-17,20,24H,7,10-15H2,1-3H3,(H,30,39)(H,31,36)(H,33,40)(H,37,38)/t20-,24-/m0/s1. The lowest BCUT2D eigenvalue weighted by Gasteiger charge is -2.21. The Labute approximate surface area is 247 Å². The number of nitrogens with one attached hydrogen (secondary N) is 3. The Hall–Kier alpha value is -4.10. The van der Waals surface area contributed by atoms with Gasteiger partial charge in [0.15, 0.2) is 5.69 Å². The van der Waals surface area contributed by atoms with Crippen LogP contribution in [0.4, 0.5) is 0 Å². The van der Waals surface area contributed by atoms with Crippen molar-refractivity contribution in [3.63, 3.8) is 0 Å². The van der Waals surface area contributed by atoms with E-state index in [1.165, 1.54) is 11.3 Å². The number of aromatic nitrogens is 2. The summed E-state index contributed by atoms with van der Waals surface area (Å²) in [7, 11) is 0. The molecule has 4 N–H and O–H groups in total. The van der Waals surface area contributed by atoms with Crippen molar-refractivity contribution < 1.29 is 28.7 Å². The topological polar surface area (TPSA) is 167 Å². The Morgan fingerprint density at radius 1 is 1.12 bits per heavy atom. The predicted octanol–water partition coefficient (Wildman–Crippen LogP) is 2.88. The number of carbonyl (C=O) groups excluding carboxylic acids is 3. The maximum absolute atomic E-state index is 13.4. The van der Waals surface area contributed by atoms with Gasteiger partial charge in [-0.15, -0.1) is 11.3 Å². The molecule has 13 heteroatoms. The van der Waals surface area contributed by atoms with Crippen LogP contribution in [0.15, 0.2) is 40.1 Å². The second kappa shape index (κ2) is 14.2. The fourth-order valence-corrected chi connectivity index (χ4v) is 5.71. The minimum Gasteiger partial charge on any atom is -0.480 e. The van der Waals surface area contributed by atoms with Gasteiger partial charge in [-0.2, -0.15) is 0 Å². The number of aliphatic carboxylic acids is 1. The van der Waals surface area contributed by atoms with Crippen LogP contribution in [0.3, 0.4) is 0 Å². The van der Waals surface area contributed by atoms with Crippen molar-refractivity contribution in [2.75, 3.05) is 26.2 Å². The maximum Gasteiger partial charge on any atom is 0.317 e. The van der Waals surface area contributed by atoms with Gasteiger partial charge in [-0.05, 0) is 31.4 Å². The highest BCUT2D eigenvalue weighted by Gasteiger charge is 2.29. The van der Waals surface area contributed by atoms with Crippen molar-refractivity contribution in [3.05, 3.63) is 69.3 Å². The first-order valence-electron chi connectivity index (χ1n) is 13.9. The van der Waals surface area contributed by atoms with Gasteiger partial charge in [-0.1, -0.05) is 44.2 Å². The van der Waals surface area contributed by atoms with Crippen molar-refractivity contribution in [1.29, 1.82) is 0 Å². The van der Waals surface area contributed by atoms with E-state index in [2.05, 4.69) is 25.9 Å². The molecule has 0 spiro atoms. The van der Waals surface area contributed by atoms with Crippen LogP contribution in [0.5, 0.6) is 0 Å². The van der Waals surface area contributed by atoms with Gasteiger partial charge < -0.3 is 25.5 Å². The first kappa shape index (κ1) is 30.8. The summed E-state index contributed by atoms with van der Waals surface area (Å²) in [5.74, 6) is -1.61. The van der Waals surface area contributed by atoms with Crippen LogP contribution >= 0.6 is 11.3 Å². The Kier molecular flexibility index (Phi) is 10.4. The molecule has 0 unspecified atom stereocenters. The number of hydrogen-bond acceptors (Lipinski definition) is 9. The molecule has 3 aromatic rings. The van der Waals surface area contributed by atoms with E-state index >= 15 is 0 Å². The fourth-order valence-electron chi connectivity index (χ4n) is 4.69. The highest BCUT2D eigenvalue weighted by Crippen LogP contribution is 2.27. The van der Waals surface area contributed by atoms with E-state index in [1.807, 2.05) is 44.2 Å². The summed E-state index contributed by atoms with van der Waals surface area (Å²) in [4.78, 5) is 61.3. The van der Waals surface area contributed by atoms with Gasteiger partial charge >= 0.3 is 5.97 Å². The Balaban J connectivity index is 1.65. The van der Waals surface area contributed by atoms with E-state index in [0.29, 0.717) is 30.2 Å². The molecule has 0 radical (unpaired) electrons. The molecule has 0 aliphatic carbocycles. The van der Waals surface area contributed by atoms with Crippen molar-refractivity contribution in [3.8, 4) is 0 Å². The third kappa shape index (κ3) is 8.23. The van der Waals surface area contributed by atoms with E-state index in [9.17, 15) is 24.3 Å². The SMILES string of the molecule is Cc1oc2nc1C(=O)N[C@@H](C(C)C)c1nc(cs1)C(=O)NCCN(CC(=O)O)CCCC(=O)N[C@H]2Cc1ccccc1. The number of amides is 3. The third-order valence-electron chi connectivity index (χ3n) is 6.87. The van der Waals surface area contributed by atoms with Gasteiger partial charge in [0.2, 0.25) is 11.8 Å². The normalized spacial score (nSPS) is 19.6. The summed E-state index contributed by atoms with van der Waals surface area (Å²) in [6, 6.07) is 8.46. The van der Waals surface area contributed by atoms with Crippen molar-refractivity contribution in [2.45, 2.75) is 52.1 Å². The van der Waals surface area contributed by atoms with E-state index < -0.39 is 29.9 Å². The number of rotatable bonds is 5. The molecule has 3 amide bonds. The number of oxazole rings is 1. The van der Waals surface area contributed by atoms with Crippen LogP contribution in [0.25, 0.3) is 0 Å². The van der Waals surface area contributed by atoms with E-state index in [-0.39, 0.29) is 55.2 Å². The van der Waals surface area contributed by atoms with Crippen molar-refractivity contribution >= 4 is 35.0 Å². The molecule has 224 valence electrons. The van der Waals surface area contributed by atoms with Crippen molar-refractivity contribution in [1.82, 2.24) is 30.8 Å². The number of nitrogens with zero attached hydrogens (tertiary/aromatic N) is 3. The summed E-state index contributed by atoms with van der Waals surface area (Å²) < 4.78 is 5.94. The first-order chi connectivity index (χ1) is 20.1. The third-order valence-corrected chi connectivity index (χ3v) is 7.80. The number of benzene rings is 1. The molecular weight excluding hydrogens is 560 g/mol. The number of carboxylic acids is 1. The molecule has 4 bridgehead atoms. The zero-order chi connectivity index (χ0) is 30.2. The summed E-state index contributed by atoms with van der Waals surface area (Å²) in [6.07, 6.45) is 0.933. The second-order valence-electron chi connectivity index (χ2n) is 10.6. The number of hydrogen-bond donors (Lipinski definition) is 4. The molecule has 0 saturated heterocycles. The lowest BCUT2D eigenvalue weighted by atomic mass is 10.0. The van der Waals surface area contributed by atoms with Gasteiger partial charge in [-0.3, -0.25) is 24.1 Å². The monoisotopic (exact) mass is 596 g/mol. The molecule has 12 nitrogen and oxygen atoms in total. The van der Waals surface area contributed by atoms with Crippen LogP contribution in [-0.2, 0) is 16.0 Å². The average molecular weight is 597 g/mol. The lowest BCUT2D eigenvalue weighted by Crippen LogP contribution is -2.39. The van der Waals surface area contributed by atoms with Crippen LogP contribution < -0.4 is 16.0 Å². The van der Waals surface area contributed by atoms with E-state index in [1.54, 1.807) is 17.2 Å². The summed E-state index contributed by atoms with van der Waals surface area (Å²) in [5, 5.41) is 20.3. The molecule has 2 atom stereocenters. The maximum atomic E-state index is 13.4. The van der Waals surface area contributed by atoms with Gasteiger partial charge in [0, 0.05) is 31.3 Å². The number of carboxylic acid groups (broad SMARTS) is 1. The second-order valence-corrected chi connectivity index (χ2v) is 11.5. The Morgan fingerprint density at radius 3 is 2.60 bits per heavy atom. The Morgan fingerprint density at radius 2 is 1.88 bits per heavy atom. The number of carbonyl (C=O) groups is 4. The van der Waals surface area contributed by atoms with Crippen molar-refractivity contribution in [2.24, 2.45) is 5.92 Å². The molecule has 4 rings (SSSR count). The van der Waals surface area contributed by atoms with E-state index in [4.69, 9.17) is 4.42 Å². The number of fused-ring (bicyclic) bond motifs is 4. The zero-order valence-electron chi connectivity index (χ0n) is 23.9. The van der Waals surface area contributed by atoms with Crippen LogP contribution in [0.2, 0.25) is 0 Å². The van der Waals surface area contributed by atoms with Gasteiger partial charge in [0.1, 0.15) is 22.5 Å². The van der Waals surface area contributed by atoms with Gasteiger partial charge in [0.05, 0.1) is 12.6 Å². The molecule has 3 heterocycles. The molecule has 1 aliphatic rings. The van der Waals surface area contributed by atoms with Crippen LogP contribution in [0, 0.1) is 12.8 Å². The number of aryl methyl sites for hydroxylation is 1. The quantitative estimate of drug-likeness (QED) is 0.346. The summed E-state index contributed by atoms with van der Waals surface area (Å²) in [6.45, 7) is 6.15. The van der Waals surface area contributed by atoms with E-state index in [0.717, 1.165) is 5.56 Å². The van der Waals surface area contributed by atoms with Crippen LogP contribution in [0.1, 0.15) is 82.0 Å². The largest absolute Gasteiger partial charge is 0.480 e. The molecule has 42 heavy (non-hydrogen) atoms. The fraction of sp³-hybridized carbons (Fsp3) is 0.448.